The van der Waals surface area contributed by atoms with Gasteiger partial charge >= 0.3 is 0 Å². The fourth-order valence-corrected chi connectivity index (χ4v) is 4.21. The highest BCUT2D eigenvalue weighted by Crippen LogP contribution is 2.27. The van der Waals surface area contributed by atoms with E-state index in [1.54, 1.807) is 30.2 Å². The number of benzene rings is 2. The molecule has 1 aliphatic heterocycles. The van der Waals surface area contributed by atoms with Crippen LogP contribution in [-0.2, 0) is 11.3 Å². The summed E-state index contributed by atoms with van der Waals surface area (Å²) in [5, 5.41) is 4.55. The Kier molecular flexibility index (Phi) is 7.11. The first-order valence-corrected chi connectivity index (χ1v) is 11.9. The van der Waals surface area contributed by atoms with Gasteiger partial charge in [-0.2, -0.15) is 0 Å². The highest BCUT2D eigenvalue weighted by Gasteiger charge is 2.24. The van der Waals surface area contributed by atoms with Crippen LogP contribution in [0.25, 0.3) is 22.8 Å². The lowest BCUT2D eigenvalue weighted by molar-refractivity contribution is -0.132. The van der Waals surface area contributed by atoms with Gasteiger partial charge in [0.05, 0.1) is 14.2 Å². The average Bonchev–Trinajstić information content (AvgIpc) is 3.37. The lowest BCUT2D eigenvalue weighted by atomic mass is 10.2. The van der Waals surface area contributed by atoms with E-state index in [1.165, 1.54) is 48.5 Å². The smallest absolute Gasteiger partial charge is 0.244 e. The summed E-state index contributed by atoms with van der Waals surface area (Å²) < 4.78 is 39.3. The van der Waals surface area contributed by atoms with E-state index in [-0.39, 0.29) is 24.0 Å². The van der Waals surface area contributed by atoms with Crippen molar-refractivity contribution >= 4 is 11.7 Å². The Bertz CT molecular complexity index is 1440. The SMILES string of the molecule is COc1cc(N2CCN(C(=O)Cn3nc(-c4ccc(F)c(OC)c4)nc3-c3ccc(F)cc3)CC2)ncn1. The molecule has 2 aromatic carbocycles. The lowest BCUT2D eigenvalue weighted by Crippen LogP contribution is -2.50. The van der Waals surface area contributed by atoms with Gasteiger partial charge in [0.25, 0.3) is 0 Å². The maximum absolute atomic E-state index is 14.0. The molecule has 10 nitrogen and oxygen atoms in total. The first kappa shape index (κ1) is 25.1. The van der Waals surface area contributed by atoms with Crippen LogP contribution in [0.5, 0.6) is 11.6 Å². The lowest BCUT2D eigenvalue weighted by Gasteiger charge is -2.35. The number of amides is 1. The van der Waals surface area contributed by atoms with Crippen molar-refractivity contribution in [1.82, 2.24) is 29.6 Å². The van der Waals surface area contributed by atoms with E-state index >= 15 is 0 Å². The summed E-state index contributed by atoms with van der Waals surface area (Å²) in [4.78, 5) is 30.0. The summed E-state index contributed by atoms with van der Waals surface area (Å²) >= 11 is 0. The van der Waals surface area contributed by atoms with E-state index in [4.69, 9.17) is 9.47 Å². The first-order chi connectivity index (χ1) is 18.4. The van der Waals surface area contributed by atoms with Crippen LogP contribution in [0.2, 0.25) is 0 Å². The Morgan fingerprint density at radius 2 is 1.66 bits per heavy atom. The Morgan fingerprint density at radius 3 is 2.37 bits per heavy atom. The monoisotopic (exact) mass is 521 g/mol. The highest BCUT2D eigenvalue weighted by molar-refractivity contribution is 5.77. The Morgan fingerprint density at radius 1 is 0.921 bits per heavy atom. The number of hydrogen-bond donors (Lipinski definition) is 0. The van der Waals surface area contributed by atoms with Crippen LogP contribution < -0.4 is 14.4 Å². The standard InChI is InChI=1S/C26H25F2N7O3/c1-37-21-13-18(5-8-20(21)28)25-31-26(17-3-6-19(27)7-4-17)35(32-25)15-24(36)34-11-9-33(10-12-34)22-14-23(38-2)30-16-29-22/h3-8,13-14,16H,9-12,15H2,1-2H3. The fourth-order valence-electron chi connectivity index (χ4n) is 4.21. The number of methoxy groups -OCH3 is 2. The van der Waals surface area contributed by atoms with E-state index in [9.17, 15) is 13.6 Å². The second-order valence-corrected chi connectivity index (χ2v) is 8.56. The van der Waals surface area contributed by atoms with Crippen LogP contribution in [0.15, 0.2) is 54.9 Å². The summed E-state index contributed by atoms with van der Waals surface area (Å²) in [6.07, 6.45) is 1.45. The van der Waals surface area contributed by atoms with Crippen LogP contribution in [0.4, 0.5) is 14.6 Å². The summed E-state index contributed by atoms with van der Waals surface area (Å²) in [5.74, 6) is 0.906. The molecule has 12 heteroatoms. The van der Waals surface area contributed by atoms with Gasteiger partial charge in [0.2, 0.25) is 11.8 Å². The van der Waals surface area contributed by atoms with Gasteiger partial charge in [0.1, 0.15) is 24.5 Å². The van der Waals surface area contributed by atoms with Crippen LogP contribution >= 0.6 is 0 Å². The van der Waals surface area contributed by atoms with Gasteiger partial charge < -0.3 is 19.3 Å². The fraction of sp³-hybridized carbons (Fsp3) is 0.269. The van der Waals surface area contributed by atoms with E-state index < -0.39 is 11.6 Å². The van der Waals surface area contributed by atoms with Gasteiger partial charge in [0.15, 0.2) is 23.2 Å². The minimum atomic E-state index is -0.510. The third-order valence-corrected chi connectivity index (χ3v) is 6.26. The molecule has 0 unspecified atom stereocenters. The van der Waals surface area contributed by atoms with E-state index in [1.807, 2.05) is 0 Å². The molecule has 0 bridgehead atoms. The molecule has 4 aromatic rings. The predicted molar refractivity (Wildman–Crippen MR) is 135 cm³/mol. The van der Waals surface area contributed by atoms with Crippen molar-refractivity contribution in [2.45, 2.75) is 6.54 Å². The minimum absolute atomic E-state index is 0.0532. The normalized spacial score (nSPS) is 13.5. The average molecular weight is 522 g/mol. The quantitative estimate of drug-likeness (QED) is 0.366. The molecule has 1 aliphatic rings. The third kappa shape index (κ3) is 5.24. The molecule has 1 saturated heterocycles. The third-order valence-electron chi connectivity index (χ3n) is 6.26. The summed E-state index contributed by atoms with van der Waals surface area (Å²) in [7, 11) is 2.92. The Hall–Kier alpha value is -4.61. The molecule has 3 heterocycles. The number of rotatable bonds is 7. The molecule has 1 amide bonds. The second-order valence-electron chi connectivity index (χ2n) is 8.56. The Balaban J connectivity index is 1.36. The van der Waals surface area contributed by atoms with Gasteiger partial charge in [-0.25, -0.2) is 28.4 Å². The molecule has 0 atom stereocenters. The molecule has 196 valence electrons. The molecule has 1 fully saturated rings. The van der Waals surface area contributed by atoms with Crippen molar-refractivity contribution in [3.05, 3.63) is 66.5 Å². The van der Waals surface area contributed by atoms with Gasteiger partial charge in [-0.15, -0.1) is 5.10 Å². The van der Waals surface area contributed by atoms with Crippen LogP contribution in [0, 0.1) is 11.6 Å². The van der Waals surface area contributed by atoms with Crippen molar-refractivity contribution in [3.63, 3.8) is 0 Å². The van der Waals surface area contributed by atoms with Crippen molar-refractivity contribution in [3.8, 4) is 34.4 Å². The van der Waals surface area contributed by atoms with Crippen LogP contribution in [0.1, 0.15) is 0 Å². The number of carbonyl (C=O) groups is 1. The molecule has 38 heavy (non-hydrogen) atoms. The zero-order valence-corrected chi connectivity index (χ0v) is 20.8. The maximum atomic E-state index is 14.0. The van der Waals surface area contributed by atoms with Crippen LogP contribution in [-0.4, -0.2) is 75.9 Å². The molecular weight excluding hydrogens is 496 g/mol. The van der Waals surface area contributed by atoms with Crippen LogP contribution in [0.3, 0.4) is 0 Å². The molecule has 0 aliphatic carbocycles. The number of ether oxygens (including phenoxy) is 2. The number of piperazine rings is 1. The summed E-state index contributed by atoms with van der Waals surface area (Å²) in [6.45, 7) is 2.10. The van der Waals surface area contributed by atoms with Gasteiger partial charge in [-0.3, -0.25) is 4.79 Å². The summed E-state index contributed by atoms with van der Waals surface area (Å²) in [5.41, 5.74) is 1.11. The largest absolute Gasteiger partial charge is 0.494 e. The van der Waals surface area contributed by atoms with Crippen molar-refractivity contribution in [2.75, 3.05) is 45.3 Å². The molecule has 2 aromatic heterocycles. The number of nitrogens with zero attached hydrogens (tertiary/aromatic N) is 7. The molecule has 0 N–H and O–H groups in total. The Labute approximate surface area is 217 Å². The molecule has 0 saturated carbocycles. The maximum Gasteiger partial charge on any atom is 0.244 e. The van der Waals surface area contributed by atoms with Gasteiger partial charge in [-0.1, -0.05) is 0 Å². The number of halogens is 2. The van der Waals surface area contributed by atoms with E-state index in [0.29, 0.717) is 49.0 Å². The number of anilines is 1. The second kappa shape index (κ2) is 10.8. The van der Waals surface area contributed by atoms with Gasteiger partial charge in [-0.05, 0) is 42.5 Å². The zero-order chi connectivity index (χ0) is 26.6. The predicted octanol–water partition coefficient (Wildman–Crippen LogP) is 3.05. The zero-order valence-electron chi connectivity index (χ0n) is 20.8. The van der Waals surface area contributed by atoms with Crippen molar-refractivity contribution < 1.29 is 23.0 Å². The minimum Gasteiger partial charge on any atom is -0.494 e. The number of hydrogen-bond acceptors (Lipinski definition) is 8. The number of aromatic nitrogens is 5. The number of carbonyl (C=O) groups excluding carboxylic acids is 1. The first-order valence-electron chi connectivity index (χ1n) is 11.9. The highest BCUT2D eigenvalue weighted by atomic mass is 19.1. The molecule has 0 spiro atoms. The van der Waals surface area contributed by atoms with Gasteiger partial charge in [0, 0.05) is 43.4 Å². The van der Waals surface area contributed by atoms with Crippen molar-refractivity contribution in [2.24, 2.45) is 0 Å². The molecule has 0 radical (unpaired) electrons. The van der Waals surface area contributed by atoms with E-state index in [0.717, 1.165) is 5.82 Å². The van der Waals surface area contributed by atoms with E-state index in [2.05, 4.69) is 25.0 Å². The molecule has 5 rings (SSSR count). The topological polar surface area (TPSA) is 98.5 Å². The molecular formula is C26H25F2N7O3. The van der Waals surface area contributed by atoms with Crippen molar-refractivity contribution in [1.29, 1.82) is 0 Å². The summed E-state index contributed by atoms with van der Waals surface area (Å²) in [6, 6.07) is 11.8.